The van der Waals surface area contributed by atoms with Crippen molar-refractivity contribution >= 4 is 11.6 Å². The molecule has 0 saturated heterocycles. The Hall–Kier alpha value is -3.34. The molecule has 0 aliphatic heterocycles. The van der Waals surface area contributed by atoms with Crippen LogP contribution >= 0.6 is 0 Å². The molecule has 0 aliphatic rings. The average Bonchev–Trinajstić information content (AvgIpc) is 2.66. The summed E-state index contributed by atoms with van der Waals surface area (Å²) in [7, 11) is 0. The number of hydrogen-bond donors (Lipinski definition) is 1. The Morgan fingerprint density at radius 2 is 1.67 bits per heavy atom. The number of aromatic nitrogens is 1. The summed E-state index contributed by atoms with van der Waals surface area (Å²) in [5.41, 5.74) is 2.97. The van der Waals surface area contributed by atoms with Crippen LogP contribution < -0.4 is 14.8 Å². The summed E-state index contributed by atoms with van der Waals surface area (Å²) in [5.74, 6) is 2.12. The highest BCUT2D eigenvalue weighted by Crippen LogP contribution is 2.22. The second-order valence-corrected chi connectivity index (χ2v) is 6.22. The van der Waals surface area contributed by atoms with Gasteiger partial charge < -0.3 is 14.8 Å². The van der Waals surface area contributed by atoms with Crippen LogP contribution in [0.15, 0.2) is 67.0 Å². The minimum Gasteiger partial charge on any atom is -0.493 e. The van der Waals surface area contributed by atoms with Crippen LogP contribution in [0.1, 0.15) is 17.5 Å². The minimum atomic E-state index is -0.0948. The second kappa shape index (κ2) is 8.85. The van der Waals surface area contributed by atoms with E-state index in [-0.39, 0.29) is 12.3 Å². The molecule has 5 heteroatoms. The Kier molecular flexibility index (Phi) is 6.05. The van der Waals surface area contributed by atoms with Gasteiger partial charge in [0, 0.05) is 18.1 Å². The number of anilines is 1. The lowest BCUT2D eigenvalue weighted by atomic mass is 10.1. The van der Waals surface area contributed by atoms with Gasteiger partial charge >= 0.3 is 0 Å². The number of nitrogens with one attached hydrogen (secondary N) is 1. The highest BCUT2D eigenvalue weighted by molar-refractivity contribution is 5.90. The molecule has 2 aromatic carbocycles. The number of carbonyl (C=O) groups is 1. The highest BCUT2D eigenvalue weighted by Gasteiger charge is 2.05. The molecular formula is C22H22N2O3. The summed E-state index contributed by atoms with van der Waals surface area (Å²) >= 11 is 0. The number of pyridine rings is 1. The summed E-state index contributed by atoms with van der Waals surface area (Å²) in [5, 5.41) is 2.86. The molecule has 0 spiro atoms. The van der Waals surface area contributed by atoms with E-state index >= 15 is 0 Å². The molecule has 0 saturated carbocycles. The molecule has 3 aromatic rings. The largest absolute Gasteiger partial charge is 0.493 e. The number of rotatable bonds is 7. The zero-order valence-corrected chi connectivity index (χ0v) is 15.4. The third-order valence-corrected chi connectivity index (χ3v) is 3.94. The second-order valence-electron chi connectivity index (χ2n) is 6.22. The van der Waals surface area contributed by atoms with E-state index in [4.69, 9.17) is 9.47 Å². The number of carbonyl (C=O) groups excluding carboxylic acids is 1. The fourth-order valence-electron chi connectivity index (χ4n) is 2.59. The summed E-state index contributed by atoms with van der Waals surface area (Å²) in [6, 6.07) is 16.8. The van der Waals surface area contributed by atoms with Gasteiger partial charge in [0.15, 0.2) is 0 Å². The molecule has 138 valence electrons. The smallest absolute Gasteiger partial charge is 0.227 e. The van der Waals surface area contributed by atoms with Crippen molar-refractivity contribution in [3.8, 4) is 17.2 Å². The van der Waals surface area contributed by atoms with E-state index in [1.165, 1.54) is 5.56 Å². The number of hydrogen-bond acceptors (Lipinski definition) is 4. The van der Waals surface area contributed by atoms with Gasteiger partial charge in [0.1, 0.15) is 17.2 Å². The van der Waals surface area contributed by atoms with Crippen LogP contribution in [-0.2, 0) is 4.79 Å². The van der Waals surface area contributed by atoms with Crippen LogP contribution in [0.3, 0.4) is 0 Å². The number of ether oxygens (including phenoxy) is 2. The van der Waals surface area contributed by atoms with Crippen LogP contribution in [0.2, 0.25) is 0 Å². The van der Waals surface area contributed by atoms with Crippen molar-refractivity contribution < 1.29 is 14.3 Å². The number of amides is 1. The number of nitrogens with zero attached hydrogens (tertiary/aromatic N) is 1. The topological polar surface area (TPSA) is 60.5 Å². The molecule has 1 heterocycles. The van der Waals surface area contributed by atoms with E-state index < -0.39 is 0 Å². The Bertz CT molecular complexity index is 893. The Balaban J connectivity index is 1.46. The van der Waals surface area contributed by atoms with Crippen molar-refractivity contribution in [2.75, 3.05) is 11.9 Å². The first kappa shape index (κ1) is 18.5. The van der Waals surface area contributed by atoms with Crippen molar-refractivity contribution in [2.45, 2.75) is 20.3 Å². The maximum Gasteiger partial charge on any atom is 0.227 e. The standard InChI is InChI=1S/C22H22N2O3/c1-16-3-8-21(17(2)15-16)26-14-11-22(25)24-18-4-6-19(7-5-18)27-20-9-12-23-13-10-20/h3-10,12-13,15H,11,14H2,1-2H3,(H,24,25). The first-order chi connectivity index (χ1) is 13.1. The summed E-state index contributed by atoms with van der Waals surface area (Å²) in [6.45, 7) is 4.37. The van der Waals surface area contributed by atoms with Crippen molar-refractivity contribution in [3.63, 3.8) is 0 Å². The first-order valence-corrected chi connectivity index (χ1v) is 8.78. The van der Waals surface area contributed by atoms with Crippen LogP contribution in [0.25, 0.3) is 0 Å². The molecule has 1 amide bonds. The van der Waals surface area contributed by atoms with Gasteiger partial charge in [-0.25, -0.2) is 0 Å². The number of benzene rings is 2. The van der Waals surface area contributed by atoms with Crippen LogP contribution in [-0.4, -0.2) is 17.5 Å². The van der Waals surface area contributed by atoms with E-state index in [2.05, 4.69) is 16.4 Å². The Labute approximate surface area is 159 Å². The fourth-order valence-corrected chi connectivity index (χ4v) is 2.59. The third-order valence-electron chi connectivity index (χ3n) is 3.94. The van der Waals surface area contributed by atoms with Gasteiger partial charge in [-0.3, -0.25) is 9.78 Å². The van der Waals surface area contributed by atoms with Crippen LogP contribution in [0.5, 0.6) is 17.2 Å². The molecule has 0 radical (unpaired) electrons. The maximum absolute atomic E-state index is 12.1. The van der Waals surface area contributed by atoms with Crippen molar-refractivity contribution in [1.29, 1.82) is 0 Å². The van der Waals surface area contributed by atoms with E-state index in [1.54, 1.807) is 36.7 Å². The zero-order chi connectivity index (χ0) is 19.1. The SMILES string of the molecule is Cc1ccc(OCCC(=O)Nc2ccc(Oc3ccncc3)cc2)c(C)c1. The van der Waals surface area contributed by atoms with Crippen LogP contribution in [0, 0.1) is 13.8 Å². The molecule has 0 unspecified atom stereocenters. The molecule has 5 nitrogen and oxygen atoms in total. The normalized spacial score (nSPS) is 10.3. The summed E-state index contributed by atoms with van der Waals surface area (Å²) < 4.78 is 11.4. The Morgan fingerprint density at radius 1 is 0.963 bits per heavy atom. The van der Waals surface area contributed by atoms with Gasteiger partial charge in [0.05, 0.1) is 13.0 Å². The van der Waals surface area contributed by atoms with E-state index in [0.717, 1.165) is 11.3 Å². The summed E-state index contributed by atoms with van der Waals surface area (Å²) in [6.07, 6.45) is 3.62. The maximum atomic E-state index is 12.1. The van der Waals surface area contributed by atoms with Gasteiger partial charge in [0.25, 0.3) is 0 Å². The lowest BCUT2D eigenvalue weighted by Gasteiger charge is -2.10. The quantitative estimate of drug-likeness (QED) is 0.649. The van der Waals surface area contributed by atoms with Gasteiger partial charge in [-0.1, -0.05) is 17.7 Å². The predicted molar refractivity (Wildman–Crippen MR) is 105 cm³/mol. The van der Waals surface area contributed by atoms with Gasteiger partial charge in [-0.05, 0) is 61.9 Å². The van der Waals surface area contributed by atoms with Gasteiger partial charge in [0.2, 0.25) is 5.91 Å². The van der Waals surface area contributed by atoms with E-state index in [1.807, 2.05) is 38.1 Å². The molecule has 0 fully saturated rings. The van der Waals surface area contributed by atoms with Crippen molar-refractivity contribution in [2.24, 2.45) is 0 Å². The fraction of sp³-hybridized carbons (Fsp3) is 0.182. The summed E-state index contributed by atoms with van der Waals surface area (Å²) in [4.78, 5) is 16.0. The van der Waals surface area contributed by atoms with Gasteiger partial charge in [-0.15, -0.1) is 0 Å². The lowest BCUT2D eigenvalue weighted by molar-refractivity contribution is -0.116. The monoisotopic (exact) mass is 362 g/mol. The molecule has 0 aliphatic carbocycles. The average molecular weight is 362 g/mol. The Morgan fingerprint density at radius 3 is 2.37 bits per heavy atom. The molecule has 27 heavy (non-hydrogen) atoms. The van der Waals surface area contributed by atoms with E-state index in [0.29, 0.717) is 23.8 Å². The highest BCUT2D eigenvalue weighted by atomic mass is 16.5. The zero-order valence-electron chi connectivity index (χ0n) is 15.4. The molecule has 0 atom stereocenters. The van der Waals surface area contributed by atoms with Crippen molar-refractivity contribution in [1.82, 2.24) is 4.98 Å². The molecule has 3 rings (SSSR count). The van der Waals surface area contributed by atoms with Gasteiger partial charge in [-0.2, -0.15) is 0 Å². The first-order valence-electron chi connectivity index (χ1n) is 8.78. The predicted octanol–water partition coefficient (Wildman–Crippen LogP) is 4.90. The minimum absolute atomic E-state index is 0.0948. The number of aryl methyl sites for hydroxylation is 2. The molecule has 0 bridgehead atoms. The van der Waals surface area contributed by atoms with E-state index in [9.17, 15) is 4.79 Å². The lowest BCUT2D eigenvalue weighted by Crippen LogP contribution is -2.15. The molecule has 1 aromatic heterocycles. The molecular weight excluding hydrogens is 340 g/mol. The van der Waals surface area contributed by atoms with Crippen molar-refractivity contribution in [3.05, 3.63) is 78.1 Å². The third kappa shape index (κ3) is 5.57. The molecule has 1 N–H and O–H groups in total. The van der Waals surface area contributed by atoms with Crippen LogP contribution in [0.4, 0.5) is 5.69 Å².